The molecule has 5 nitrogen and oxygen atoms in total. The highest BCUT2D eigenvalue weighted by atomic mass is 16.5. The highest BCUT2D eigenvalue weighted by Gasteiger charge is 2.11. The molecule has 1 aromatic rings. The molecule has 0 spiro atoms. The van der Waals surface area contributed by atoms with Crippen molar-refractivity contribution < 1.29 is 9.47 Å². The number of nitrogens with two attached hydrogens (primary N) is 1. The first-order valence-corrected chi connectivity index (χ1v) is 9.05. The van der Waals surface area contributed by atoms with Crippen molar-refractivity contribution in [2.75, 3.05) is 32.9 Å². The van der Waals surface area contributed by atoms with Crippen molar-refractivity contribution in [2.24, 2.45) is 10.7 Å². The molecule has 0 amide bonds. The van der Waals surface area contributed by atoms with Gasteiger partial charge in [-0.2, -0.15) is 0 Å². The Hall–Kier alpha value is -1.75. The summed E-state index contributed by atoms with van der Waals surface area (Å²) < 4.78 is 11.2. The zero-order valence-corrected chi connectivity index (χ0v) is 15.1. The van der Waals surface area contributed by atoms with Crippen LogP contribution in [0.5, 0.6) is 5.75 Å². The SMILES string of the molecule is CCOCCOc1cc(C)ccc1CN=C(N)N1CCCCCC1. The molecule has 1 aliphatic heterocycles. The first kappa shape index (κ1) is 18.6. The molecule has 24 heavy (non-hydrogen) atoms. The molecular formula is C19H31N3O2. The zero-order chi connectivity index (χ0) is 17.2. The van der Waals surface area contributed by atoms with E-state index in [1.54, 1.807) is 0 Å². The van der Waals surface area contributed by atoms with Crippen LogP contribution in [0.2, 0.25) is 0 Å². The monoisotopic (exact) mass is 333 g/mol. The number of nitrogens with zero attached hydrogens (tertiary/aromatic N) is 2. The van der Waals surface area contributed by atoms with E-state index in [9.17, 15) is 0 Å². The predicted molar refractivity (Wildman–Crippen MR) is 98.5 cm³/mol. The minimum Gasteiger partial charge on any atom is -0.491 e. The summed E-state index contributed by atoms with van der Waals surface area (Å²) in [6.45, 7) is 8.49. The summed E-state index contributed by atoms with van der Waals surface area (Å²) in [6, 6.07) is 6.21. The minimum absolute atomic E-state index is 0.548. The van der Waals surface area contributed by atoms with Crippen LogP contribution in [-0.2, 0) is 11.3 Å². The summed E-state index contributed by atoms with van der Waals surface area (Å²) in [5.41, 5.74) is 8.44. The summed E-state index contributed by atoms with van der Waals surface area (Å²) in [6.07, 6.45) is 4.98. The van der Waals surface area contributed by atoms with Crippen LogP contribution >= 0.6 is 0 Å². The Morgan fingerprint density at radius 1 is 1.17 bits per heavy atom. The van der Waals surface area contributed by atoms with E-state index >= 15 is 0 Å². The molecule has 1 aliphatic rings. The van der Waals surface area contributed by atoms with Crippen LogP contribution in [0.1, 0.15) is 43.7 Å². The Bertz CT molecular complexity index is 523. The van der Waals surface area contributed by atoms with Crippen LogP contribution in [0.3, 0.4) is 0 Å². The third-order valence-corrected chi connectivity index (χ3v) is 4.25. The number of guanidine groups is 1. The summed E-state index contributed by atoms with van der Waals surface area (Å²) in [5, 5.41) is 0. The average Bonchev–Trinajstić information content (AvgIpc) is 2.87. The first-order chi connectivity index (χ1) is 11.7. The lowest BCUT2D eigenvalue weighted by atomic mass is 10.1. The van der Waals surface area contributed by atoms with Crippen LogP contribution in [0.4, 0.5) is 0 Å². The highest BCUT2D eigenvalue weighted by molar-refractivity contribution is 5.78. The van der Waals surface area contributed by atoms with Gasteiger partial charge in [-0.25, -0.2) is 4.99 Å². The lowest BCUT2D eigenvalue weighted by molar-refractivity contribution is 0.110. The fraction of sp³-hybridized carbons (Fsp3) is 0.632. The van der Waals surface area contributed by atoms with E-state index in [1.807, 2.05) is 6.92 Å². The second-order valence-electron chi connectivity index (χ2n) is 6.23. The van der Waals surface area contributed by atoms with E-state index in [1.165, 1.54) is 31.2 Å². The van der Waals surface area contributed by atoms with Gasteiger partial charge in [0.2, 0.25) is 0 Å². The fourth-order valence-corrected chi connectivity index (χ4v) is 2.85. The molecule has 2 N–H and O–H groups in total. The van der Waals surface area contributed by atoms with Crippen molar-refractivity contribution in [1.82, 2.24) is 4.90 Å². The normalized spacial score (nSPS) is 16.1. The Morgan fingerprint density at radius 3 is 2.62 bits per heavy atom. The van der Waals surface area contributed by atoms with Gasteiger partial charge in [0.15, 0.2) is 5.96 Å². The molecule has 0 bridgehead atoms. The van der Waals surface area contributed by atoms with Crippen molar-refractivity contribution in [3.63, 3.8) is 0 Å². The maximum Gasteiger partial charge on any atom is 0.191 e. The molecule has 0 aliphatic carbocycles. The van der Waals surface area contributed by atoms with Crippen LogP contribution in [0.25, 0.3) is 0 Å². The summed E-state index contributed by atoms with van der Waals surface area (Å²) in [4.78, 5) is 6.81. The van der Waals surface area contributed by atoms with Crippen molar-refractivity contribution >= 4 is 5.96 Å². The smallest absolute Gasteiger partial charge is 0.191 e. The van der Waals surface area contributed by atoms with Crippen molar-refractivity contribution in [3.05, 3.63) is 29.3 Å². The van der Waals surface area contributed by atoms with Gasteiger partial charge in [0.05, 0.1) is 13.2 Å². The van der Waals surface area contributed by atoms with Gasteiger partial charge in [0, 0.05) is 25.3 Å². The van der Waals surface area contributed by atoms with Crippen LogP contribution in [0.15, 0.2) is 23.2 Å². The molecule has 0 saturated carbocycles. The molecule has 5 heteroatoms. The molecule has 2 rings (SSSR count). The van der Waals surface area contributed by atoms with Crippen molar-refractivity contribution in [3.8, 4) is 5.75 Å². The number of rotatable bonds is 7. The van der Waals surface area contributed by atoms with Gasteiger partial charge in [0.25, 0.3) is 0 Å². The number of ether oxygens (including phenoxy) is 2. The topological polar surface area (TPSA) is 60.1 Å². The summed E-state index contributed by atoms with van der Waals surface area (Å²) in [5.74, 6) is 1.53. The van der Waals surface area contributed by atoms with E-state index < -0.39 is 0 Å². The summed E-state index contributed by atoms with van der Waals surface area (Å²) in [7, 11) is 0. The van der Waals surface area contributed by atoms with Crippen molar-refractivity contribution in [1.29, 1.82) is 0 Å². The molecule has 0 radical (unpaired) electrons. The number of hydrogen-bond donors (Lipinski definition) is 1. The third-order valence-electron chi connectivity index (χ3n) is 4.25. The molecule has 134 valence electrons. The second-order valence-corrected chi connectivity index (χ2v) is 6.23. The van der Waals surface area contributed by atoms with Gasteiger partial charge < -0.3 is 20.1 Å². The largest absolute Gasteiger partial charge is 0.491 e. The van der Waals surface area contributed by atoms with E-state index in [0.29, 0.717) is 32.3 Å². The Balaban J connectivity index is 1.98. The average molecular weight is 333 g/mol. The second kappa shape index (κ2) is 10.2. The van der Waals surface area contributed by atoms with Gasteiger partial charge in [-0.3, -0.25) is 0 Å². The van der Waals surface area contributed by atoms with Crippen LogP contribution in [0, 0.1) is 6.92 Å². The van der Waals surface area contributed by atoms with Crippen LogP contribution in [-0.4, -0.2) is 43.8 Å². The number of benzene rings is 1. The highest BCUT2D eigenvalue weighted by Crippen LogP contribution is 2.21. The van der Waals surface area contributed by atoms with E-state index in [-0.39, 0.29) is 0 Å². The fourth-order valence-electron chi connectivity index (χ4n) is 2.85. The molecule has 1 aromatic carbocycles. The van der Waals surface area contributed by atoms with Gasteiger partial charge in [0.1, 0.15) is 12.4 Å². The quantitative estimate of drug-likeness (QED) is 0.473. The first-order valence-electron chi connectivity index (χ1n) is 9.05. The zero-order valence-electron chi connectivity index (χ0n) is 15.1. The number of hydrogen-bond acceptors (Lipinski definition) is 3. The molecule has 1 saturated heterocycles. The molecule has 1 heterocycles. The Morgan fingerprint density at radius 2 is 1.92 bits per heavy atom. The van der Waals surface area contributed by atoms with Crippen molar-refractivity contribution in [2.45, 2.75) is 46.1 Å². The predicted octanol–water partition coefficient (Wildman–Crippen LogP) is 3.10. The van der Waals surface area contributed by atoms with Gasteiger partial charge in [-0.05, 0) is 38.3 Å². The summed E-state index contributed by atoms with van der Waals surface area (Å²) >= 11 is 0. The van der Waals surface area contributed by atoms with E-state index in [4.69, 9.17) is 15.2 Å². The number of aliphatic imine (C=N–C) groups is 1. The standard InChI is InChI=1S/C19H31N3O2/c1-3-23-12-13-24-18-14-16(2)8-9-17(18)15-21-19(20)22-10-6-4-5-7-11-22/h8-9,14H,3-7,10-13,15H2,1-2H3,(H2,20,21). The lowest BCUT2D eigenvalue weighted by Crippen LogP contribution is -2.38. The number of likely N-dealkylation sites (tertiary alicyclic amines) is 1. The Kier molecular flexibility index (Phi) is 7.89. The van der Waals surface area contributed by atoms with Crippen LogP contribution < -0.4 is 10.5 Å². The maximum atomic E-state index is 6.20. The Labute approximate surface area is 145 Å². The van der Waals surface area contributed by atoms with E-state index in [2.05, 4.69) is 35.0 Å². The molecule has 0 aromatic heterocycles. The number of aryl methyl sites for hydroxylation is 1. The lowest BCUT2D eigenvalue weighted by Gasteiger charge is -2.21. The maximum absolute atomic E-state index is 6.20. The molecule has 1 fully saturated rings. The molecule has 0 unspecified atom stereocenters. The van der Waals surface area contributed by atoms with Gasteiger partial charge in [-0.1, -0.05) is 25.0 Å². The minimum atomic E-state index is 0.548. The van der Waals surface area contributed by atoms with Gasteiger partial charge >= 0.3 is 0 Å². The molecule has 0 atom stereocenters. The van der Waals surface area contributed by atoms with Gasteiger partial charge in [-0.15, -0.1) is 0 Å². The molecular weight excluding hydrogens is 302 g/mol. The third kappa shape index (κ3) is 6.04. The van der Waals surface area contributed by atoms with E-state index in [0.717, 1.165) is 24.4 Å².